The van der Waals surface area contributed by atoms with E-state index < -0.39 is 11.7 Å². The Labute approximate surface area is 163 Å². The van der Waals surface area contributed by atoms with Gasteiger partial charge in [-0.2, -0.15) is 8.78 Å². The van der Waals surface area contributed by atoms with Crippen LogP contribution in [0.1, 0.15) is 26.5 Å². The molecule has 144 valence electrons. The van der Waals surface area contributed by atoms with Crippen molar-refractivity contribution < 1.29 is 22.8 Å². The van der Waals surface area contributed by atoms with Gasteiger partial charge in [0.05, 0.1) is 11.8 Å². The fraction of sp³-hybridized carbons (Fsp3) is 0.105. The van der Waals surface area contributed by atoms with E-state index in [-0.39, 0.29) is 40.6 Å². The average Bonchev–Trinajstić information content (AvgIpc) is 3.22. The Balaban J connectivity index is 1.58. The van der Waals surface area contributed by atoms with Gasteiger partial charge in [-0.05, 0) is 53.7 Å². The van der Waals surface area contributed by atoms with E-state index in [0.717, 1.165) is 5.56 Å². The zero-order chi connectivity index (χ0) is 19.9. The van der Waals surface area contributed by atoms with Crippen LogP contribution in [-0.2, 0) is 6.54 Å². The summed E-state index contributed by atoms with van der Waals surface area (Å²) < 4.78 is 30.2. The van der Waals surface area contributed by atoms with Gasteiger partial charge in [-0.1, -0.05) is 12.1 Å². The quantitative estimate of drug-likeness (QED) is 0.579. The molecule has 0 atom stereocenters. The van der Waals surface area contributed by atoms with Crippen LogP contribution in [0.2, 0.25) is 0 Å². The normalized spacial score (nSPS) is 10.7. The summed E-state index contributed by atoms with van der Waals surface area (Å²) in [5.41, 5.74) is 1.44. The highest BCUT2D eigenvalue weighted by molar-refractivity contribution is 7.99. The van der Waals surface area contributed by atoms with Crippen molar-refractivity contribution in [3.05, 3.63) is 77.9 Å². The number of rotatable bonds is 7. The second-order valence-corrected chi connectivity index (χ2v) is 6.52. The van der Waals surface area contributed by atoms with E-state index in [9.17, 15) is 18.4 Å². The number of benzene rings is 1. The molecule has 28 heavy (non-hydrogen) atoms. The van der Waals surface area contributed by atoms with Crippen molar-refractivity contribution in [3.8, 4) is 0 Å². The van der Waals surface area contributed by atoms with Crippen molar-refractivity contribution in [2.75, 3.05) is 5.32 Å². The van der Waals surface area contributed by atoms with Gasteiger partial charge in [0.25, 0.3) is 17.6 Å². The number of pyridine rings is 1. The van der Waals surface area contributed by atoms with Crippen molar-refractivity contribution in [1.29, 1.82) is 0 Å². The Morgan fingerprint density at radius 2 is 1.86 bits per heavy atom. The molecule has 0 aliphatic heterocycles. The number of hydrogen-bond acceptors (Lipinski definition) is 5. The number of nitrogens with zero attached hydrogens (tertiary/aromatic N) is 1. The molecule has 0 fully saturated rings. The first-order chi connectivity index (χ1) is 13.5. The molecule has 2 aromatic heterocycles. The number of halogens is 2. The maximum Gasteiger partial charge on any atom is 0.291 e. The fourth-order valence-electron chi connectivity index (χ4n) is 2.33. The first-order valence-corrected chi connectivity index (χ1v) is 9.02. The maximum atomic E-state index is 12.6. The number of thioether (sulfide) groups is 1. The largest absolute Gasteiger partial charge is 0.459 e. The van der Waals surface area contributed by atoms with Gasteiger partial charge < -0.3 is 15.1 Å². The summed E-state index contributed by atoms with van der Waals surface area (Å²) in [7, 11) is 0. The summed E-state index contributed by atoms with van der Waals surface area (Å²) in [6.45, 7) is 0.193. The minimum absolute atomic E-state index is 0.0222. The van der Waals surface area contributed by atoms with Crippen LogP contribution in [0.3, 0.4) is 0 Å². The van der Waals surface area contributed by atoms with Gasteiger partial charge in [-0.25, -0.2) is 4.98 Å². The highest BCUT2D eigenvalue weighted by atomic mass is 32.2. The number of amides is 2. The number of nitrogens with one attached hydrogen (secondary N) is 2. The summed E-state index contributed by atoms with van der Waals surface area (Å²) in [5, 5.41) is 5.34. The van der Waals surface area contributed by atoms with Crippen LogP contribution in [0.15, 0.2) is 70.4 Å². The van der Waals surface area contributed by atoms with Crippen LogP contribution in [-0.4, -0.2) is 22.6 Å². The van der Waals surface area contributed by atoms with Crippen LogP contribution in [0.4, 0.5) is 14.5 Å². The lowest BCUT2D eigenvalue weighted by atomic mass is 10.2. The summed E-state index contributed by atoms with van der Waals surface area (Å²) in [4.78, 5) is 28.0. The minimum atomic E-state index is -2.66. The molecule has 0 radical (unpaired) electrons. The molecule has 3 aromatic rings. The van der Waals surface area contributed by atoms with E-state index in [4.69, 9.17) is 4.42 Å². The lowest BCUT2D eigenvalue weighted by Crippen LogP contribution is -2.23. The molecule has 2 heterocycles. The van der Waals surface area contributed by atoms with Crippen molar-refractivity contribution in [3.63, 3.8) is 0 Å². The number of carbonyl (C=O) groups excluding carboxylic acids is 2. The third kappa shape index (κ3) is 5.17. The molecule has 0 saturated carbocycles. The predicted octanol–water partition coefficient (Wildman–Crippen LogP) is 4.17. The highest BCUT2D eigenvalue weighted by Crippen LogP contribution is 2.26. The Bertz CT molecular complexity index is 947. The molecule has 0 saturated heterocycles. The summed E-state index contributed by atoms with van der Waals surface area (Å²) in [6, 6.07) is 13.0. The molecule has 0 bridgehead atoms. The van der Waals surface area contributed by atoms with Crippen LogP contribution in [0, 0.1) is 0 Å². The molecule has 6 nitrogen and oxygen atoms in total. The number of furan rings is 1. The molecule has 0 aliphatic carbocycles. The topological polar surface area (TPSA) is 84.2 Å². The Morgan fingerprint density at radius 3 is 2.54 bits per heavy atom. The van der Waals surface area contributed by atoms with Crippen molar-refractivity contribution >= 4 is 29.3 Å². The second-order valence-electron chi connectivity index (χ2n) is 5.55. The third-order valence-electron chi connectivity index (χ3n) is 3.63. The molecule has 0 unspecified atom stereocenters. The van der Waals surface area contributed by atoms with E-state index in [0.29, 0.717) is 5.69 Å². The maximum absolute atomic E-state index is 12.6. The first kappa shape index (κ1) is 19.6. The first-order valence-electron chi connectivity index (χ1n) is 8.15. The fourth-order valence-corrected chi connectivity index (χ4v) is 2.90. The SMILES string of the molecule is O=C(Nc1ccc(CNC(=O)c2cccnc2SC(F)F)cc1)c1ccco1. The summed E-state index contributed by atoms with van der Waals surface area (Å²) >= 11 is 0.228. The zero-order valence-corrected chi connectivity index (χ0v) is 15.2. The second kappa shape index (κ2) is 9.14. The molecule has 0 spiro atoms. The molecule has 2 N–H and O–H groups in total. The molecule has 0 aliphatic rings. The molecular weight excluding hydrogens is 388 g/mol. The predicted molar refractivity (Wildman–Crippen MR) is 100 cm³/mol. The molecule has 3 rings (SSSR count). The monoisotopic (exact) mass is 403 g/mol. The van der Waals surface area contributed by atoms with Gasteiger partial charge in [0, 0.05) is 18.4 Å². The van der Waals surface area contributed by atoms with Gasteiger partial charge in [0.1, 0.15) is 5.03 Å². The van der Waals surface area contributed by atoms with Gasteiger partial charge in [0.15, 0.2) is 5.76 Å². The van der Waals surface area contributed by atoms with Gasteiger partial charge >= 0.3 is 0 Å². The van der Waals surface area contributed by atoms with Crippen LogP contribution < -0.4 is 10.6 Å². The lowest BCUT2D eigenvalue weighted by Gasteiger charge is -2.09. The molecule has 9 heteroatoms. The lowest BCUT2D eigenvalue weighted by molar-refractivity contribution is 0.0946. The van der Waals surface area contributed by atoms with E-state index in [1.807, 2.05) is 0 Å². The van der Waals surface area contributed by atoms with Crippen LogP contribution in [0.25, 0.3) is 0 Å². The smallest absolute Gasteiger partial charge is 0.291 e. The van der Waals surface area contributed by atoms with E-state index in [1.165, 1.54) is 24.6 Å². The zero-order valence-electron chi connectivity index (χ0n) is 14.4. The number of anilines is 1. The van der Waals surface area contributed by atoms with Crippen LogP contribution >= 0.6 is 11.8 Å². The van der Waals surface area contributed by atoms with Crippen LogP contribution in [0.5, 0.6) is 0 Å². The Hall–Kier alpha value is -3.20. The van der Waals surface area contributed by atoms with E-state index in [1.54, 1.807) is 36.4 Å². The summed E-state index contributed by atoms with van der Waals surface area (Å²) in [5.74, 6) is -3.33. The number of alkyl halides is 2. The van der Waals surface area contributed by atoms with Gasteiger partial charge in [-0.3, -0.25) is 9.59 Å². The minimum Gasteiger partial charge on any atom is -0.459 e. The van der Waals surface area contributed by atoms with Crippen molar-refractivity contribution in [1.82, 2.24) is 10.3 Å². The third-order valence-corrected chi connectivity index (χ3v) is 4.35. The molecule has 1 aromatic carbocycles. The highest BCUT2D eigenvalue weighted by Gasteiger charge is 2.16. The number of aromatic nitrogens is 1. The Kier molecular flexibility index (Phi) is 6.38. The average molecular weight is 403 g/mol. The van der Waals surface area contributed by atoms with E-state index >= 15 is 0 Å². The van der Waals surface area contributed by atoms with E-state index in [2.05, 4.69) is 15.6 Å². The van der Waals surface area contributed by atoms with Crippen molar-refractivity contribution in [2.45, 2.75) is 17.3 Å². The standard InChI is InChI=1S/C19H15F2N3O3S/c20-19(21)28-18-14(3-1-9-22-18)16(25)23-11-12-5-7-13(8-6-12)24-17(26)15-4-2-10-27-15/h1-10,19H,11H2,(H,23,25)(H,24,26). The van der Waals surface area contributed by atoms with Crippen molar-refractivity contribution in [2.24, 2.45) is 0 Å². The Morgan fingerprint density at radius 1 is 1.07 bits per heavy atom. The number of carbonyl (C=O) groups is 2. The van der Waals surface area contributed by atoms with Gasteiger partial charge in [-0.15, -0.1) is 0 Å². The molecule has 2 amide bonds. The molecular formula is C19H15F2N3O3S. The van der Waals surface area contributed by atoms with Gasteiger partial charge in [0.2, 0.25) is 0 Å². The number of hydrogen-bond donors (Lipinski definition) is 2. The summed E-state index contributed by atoms with van der Waals surface area (Å²) in [6.07, 6.45) is 2.77.